The summed E-state index contributed by atoms with van der Waals surface area (Å²) in [6.07, 6.45) is 1.22. The van der Waals surface area contributed by atoms with Gasteiger partial charge in [0.1, 0.15) is 0 Å². The second kappa shape index (κ2) is 4.81. The van der Waals surface area contributed by atoms with Crippen LogP contribution in [0.5, 0.6) is 0 Å². The van der Waals surface area contributed by atoms with E-state index in [4.69, 9.17) is 0 Å². The quantitative estimate of drug-likeness (QED) is 0.746. The Morgan fingerprint density at radius 1 is 1.06 bits per heavy atom. The van der Waals surface area contributed by atoms with Crippen molar-refractivity contribution in [3.63, 3.8) is 0 Å². The van der Waals surface area contributed by atoms with Gasteiger partial charge in [-0.1, -0.05) is 26.0 Å². The second-order valence-corrected chi connectivity index (χ2v) is 5.95. The van der Waals surface area contributed by atoms with Gasteiger partial charge in [-0.15, -0.1) is 0 Å². The Kier molecular flexibility index (Phi) is 3.58. The molecule has 0 bridgehead atoms. The van der Waals surface area contributed by atoms with E-state index in [0.717, 1.165) is 6.54 Å². The van der Waals surface area contributed by atoms with E-state index in [1.807, 2.05) is 0 Å². The fourth-order valence-corrected chi connectivity index (χ4v) is 2.84. The van der Waals surface area contributed by atoms with Gasteiger partial charge in [0.25, 0.3) is 0 Å². The molecule has 1 aromatic rings. The van der Waals surface area contributed by atoms with E-state index in [1.54, 1.807) is 11.1 Å². The SMILES string of the molecule is Cc1cc2c(cc1C(C)C)CCN(C(C)C)C2. The third kappa shape index (κ3) is 2.55. The Morgan fingerprint density at radius 3 is 2.35 bits per heavy atom. The molecule has 0 spiro atoms. The van der Waals surface area contributed by atoms with Crippen LogP contribution in [0, 0.1) is 6.92 Å². The number of nitrogens with zero attached hydrogens (tertiary/aromatic N) is 1. The van der Waals surface area contributed by atoms with E-state index in [-0.39, 0.29) is 0 Å². The standard InChI is InChI=1S/C16H25N/c1-11(2)16-9-14-6-7-17(12(3)4)10-15(14)8-13(16)5/h8-9,11-12H,6-7,10H2,1-5H3. The van der Waals surface area contributed by atoms with Gasteiger partial charge in [0.05, 0.1) is 0 Å². The maximum Gasteiger partial charge on any atom is 0.0239 e. The summed E-state index contributed by atoms with van der Waals surface area (Å²) in [5.74, 6) is 0.642. The van der Waals surface area contributed by atoms with Crippen LogP contribution in [0.4, 0.5) is 0 Å². The molecule has 0 saturated carbocycles. The molecule has 1 aliphatic rings. The van der Waals surface area contributed by atoms with Crippen molar-refractivity contribution >= 4 is 0 Å². The zero-order valence-corrected chi connectivity index (χ0v) is 11.9. The van der Waals surface area contributed by atoms with E-state index in [9.17, 15) is 0 Å². The van der Waals surface area contributed by atoms with E-state index >= 15 is 0 Å². The molecule has 0 saturated heterocycles. The number of benzene rings is 1. The zero-order valence-electron chi connectivity index (χ0n) is 11.9. The van der Waals surface area contributed by atoms with Gasteiger partial charge in [-0.25, -0.2) is 0 Å². The monoisotopic (exact) mass is 231 g/mol. The summed E-state index contributed by atoms with van der Waals surface area (Å²) in [5.41, 5.74) is 6.12. The van der Waals surface area contributed by atoms with Crippen LogP contribution in [0.15, 0.2) is 12.1 Å². The van der Waals surface area contributed by atoms with Crippen LogP contribution >= 0.6 is 0 Å². The van der Waals surface area contributed by atoms with Gasteiger partial charge in [-0.2, -0.15) is 0 Å². The van der Waals surface area contributed by atoms with Crippen LogP contribution in [-0.4, -0.2) is 17.5 Å². The van der Waals surface area contributed by atoms with Gasteiger partial charge < -0.3 is 0 Å². The highest BCUT2D eigenvalue weighted by Gasteiger charge is 2.19. The third-order valence-corrected chi connectivity index (χ3v) is 3.98. The second-order valence-electron chi connectivity index (χ2n) is 5.95. The molecule has 1 nitrogen and oxygen atoms in total. The van der Waals surface area contributed by atoms with Crippen LogP contribution in [0.3, 0.4) is 0 Å². The molecule has 94 valence electrons. The van der Waals surface area contributed by atoms with E-state index in [0.29, 0.717) is 12.0 Å². The molecule has 1 aliphatic heterocycles. The van der Waals surface area contributed by atoms with E-state index in [1.165, 1.54) is 24.1 Å². The zero-order chi connectivity index (χ0) is 12.6. The van der Waals surface area contributed by atoms with Crippen molar-refractivity contribution in [2.75, 3.05) is 6.54 Å². The minimum Gasteiger partial charge on any atom is -0.296 e. The molecule has 2 rings (SSSR count). The summed E-state index contributed by atoms with van der Waals surface area (Å²) in [7, 11) is 0. The normalized spacial score (nSPS) is 16.6. The van der Waals surface area contributed by atoms with Gasteiger partial charge >= 0.3 is 0 Å². The highest BCUT2D eigenvalue weighted by Crippen LogP contribution is 2.27. The summed E-state index contributed by atoms with van der Waals surface area (Å²) in [5, 5.41) is 0. The Hall–Kier alpha value is -0.820. The maximum atomic E-state index is 2.57. The lowest BCUT2D eigenvalue weighted by Gasteiger charge is -2.32. The van der Waals surface area contributed by atoms with Crippen LogP contribution in [0.1, 0.15) is 55.9 Å². The smallest absolute Gasteiger partial charge is 0.0239 e. The number of hydrogen-bond donors (Lipinski definition) is 0. The third-order valence-electron chi connectivity index (χ3n) is 3.98. The molecule has 0 amide bonds. The van der Waals surface area contributed by atoms with E-state index < -0.39 is 0 Å². The van der Waals surface area contributed by atoms with Crippen molar-refractivity contribution in [3.05, 3.63) is 34.4 Å². The average molecular weight is 231 g/mol. The predicted molar refractivity (Wildman–Crippen MR) is 74.5 cm³/mol. The molecule has 0 unspecified atom stereocenters. The molecule has 1 heterocycles. The molecule has 0 fully saturated rings. The Bertz CT molecular complexity index is 404. The summed E-state index contributed by atoms with van der Waals surface area (Å²) < 4.78 is 0. The van der Waals surface area contributed by atoms with Crippen molar-refractivity contribution in [2.45, 2.75) is 59.5 Å². The first-order valence-corrected chi connectivity index (χ1v) is 6.85. The first-order valence-electron chi connectivity index (χ1n) is 6.85. The van der Waals surface area contributed by atoms with Crippen molar-refractivity contribution in [1.29, 1.82) is 0 Å². The first-order chi connectivity index (χ1) is 7.99. The highest BCUT2D eigenvalue weighted by molar-refractivity contribution is 5.40. The first kappa shape index (κ1) is 12.6. The fraction of sp³-hybridized carbons (Fsp3) is 0.625. The van der Waals surface area contributed by atoms with Gasteiger partial charge in [0.15, 0.2) is 0 Å². The van der Waals surface area contributed by atoms with Crippen molar-refractivity contribution in [1.82, 2.24) is 4.90 Å². The summed E-state index contributed by atoms with van der Waals surface area (Å²) >= 11 is 0. The van der Waals surface area contributed by atoms with Crippen molar-refractivity contribution < 1.29 is 0 Å². The van der Waals surface area contributed by atoms with Crippen molar-refractivity contribution in [3.8, 4) is 0 Å². The molecular formula is C16H25N. The van der Waals surface area contributed by atoms with Crippen LogP contribution in [-0.2, 0) is 13.0 Å². The van der Waals surface area contributed by atoms with Crippen molar-refractivity contribution in [2.24, 2.45) is 0 Å². The lowest BCUT2D eigenvalue weighted by atomic mass is 9.89. The maximum absolute atomic E-state index is 2.57. The Balaban J connectivity index is 2.32. The Labute approximate surface area is 106 Å². The van der Waals surface area contributed by atoms with Gasteiger partial charge in [-0.3, -0.25) is 4.90 Å². The van der Waals surface area contributed by atoms with Crippen LogP contribution < -0.4 is 0 Å². The lowest BCUT2D eigenvalue weighted by molar-refractivity contribution is 0.203. The van der Waals surface area contributed by atoms with Gasteiger partial charge in [0, 0.05) is 19.1 Å². The van der Waals surface area contributed by atoms with Crippen LogP contribution in [0.25, 0.3) is 0 Å². The van der Waals surface area contributed by atoms with Gasteiger partial charge in [-0.05, 0) is 55.4 Å². The number of hydrogen-bond acceptors (Lipinski definition) is 1. The topological polar surface area (TPSA) is 3.24 Å². The molecule has 0 radical (unpaired) electrons. The molecule has 0 aliphatic carbocycles. The number of aryl methyl sites for hydroxylation is 1. The van der Waals surface area contributed by atoms with Gasteiger partial charge in [0.2, 0.25) is 0 Å². The molecular weight excluding hydrogens is 206 g/mol. The minimum absolute atomic E-state index is 0.642. The highest BCUT2D eigenvalue weighted by atomic mass is 15.1. The molecule has 0 N–H and O–H groups in total. The summed E-state index contributed by atoms with van der Waals surface area (Å²) in [6.45, 7) is 13.8. The predicted octanol–water partition coefficient (Wildman–Crippen LogP) is 3.88. The largest absolute Gasteiger partial charge is 0.296 e. The average Bonchev–Trinajstić information content (AvgIpc) is 2.26. The minimum atomic E-state index is 0.642. The summed E-state index contributed by atoms with van der Waals surface area (Å²) in [4.78, 5) is 2.57. The molecule has 1 heteroatoms. The molecule has 0 aromatic heterocycles. The Morgan fingerprint density at radius 2 is 1.76 bits per heavy atom. The van der Waals surface area contributed by atoms with E-state index in [2.05, 4.69) is 51.7 Å². The molecule has 17 heavy (non-hydrogen) atoms. The number of fused-ring (bicyclic) bond motifs is 1. The number of rotatable bonds is 2. The fourth-order valence-electron chi connectivity index (χ4n) is 2.84. The molecule has 0 atom stereocenters. The molecule has 1 aromatic carbocycles. The summed E-state index contributed by atoms with van der Waals surface area (Å²) in [6, 6.07) is 5.53. The lowest BCUT2D eigenvalue weighted by Crippen LogP contribution is -2.36. The van der Waals surface area contributed by atoms with Crippen LogP contribution in [0.2, 0.25) is 0 Å².